The quantitative estimate of drug-likeness (QED) is 0.393. The van der Waals surface area contributed by atoms with Gasteiger partial charge in [0.05, 0.1) is 45.0 Å². The second-order valence-corrected chi connectivity index (χ2v) is 8.08. The number of carbonyl (C=O) groups is 2. The van der Waals surface area contributed by atoms with E-state index in [0.717, 1.165) is 18.7 Å². The summed E-state index contributed by atoms with van der Waals surface area (Å²) >= 11 is 0. The van der Waals surface area contributed by atoms with Crippen LogP contribution in [0.25, 0.3) is 5.76 Å². The van der Waals surface area contributed by atoms with Crippen LogP contribution >= 0.6 is 0 Å². The summed E-state index contributed by atoms with van der Waals surface area (Å²) in [6.07, 6.45) is 3.28. The molecule has 0 bridgehead atoms. The van der Waals surface area contributed by atoms with Crippen LogP contribution in [-0.2, 0) is 14.3 Å². The molecule has 8 heteroatoms. The van der Waals surface area contributed by atoms with E-state index < -0.39 is 17.7 Å². The molecule has 1 aromatic heterocycles. The molecule has 1 atom stereocenters. The van der Waals surface area contributed by atoms with E-state index in [4.69, 9.17) is 9.47 Å². The van der Waals surface area contributed by atoms with Crippen molar-refractivity contribution >= 4 is 17.4 Å². The van der Waals surface area contributed by atoms with Gasteiger partial charge < -0.3 is 24.4 Å². The lowest BCUT2D eigenvalue weighted by Gasteiger charge is -2.29. The molecule has 0 saturated carbocycles. The van der Waals surface area contributed by atoms with Gasteiger partial charge in [-0.05, 0) is 42.3 Å². The summed E-state index contributed by atoms with van der Waals surface area (Å²) in [6.45, 7) is 6.08. The highest BCUT2D eigenvalue weighted by Crippen LogP contribution is 2.39. The van der Waals surface area contributed by atoms with E-state index in [1.54, 1.807) is 48.7 Å². The highest BCUT2D eigenvalue weighted by Gasteiger charge is 2.46. The SMILES string of the molecule is COc1ccc(C(O)=C2C(=O)C(=O)N(CC[NH+]3CCOCC3)C2c2cccnc2)cc1C. The summed E-state index contributed by atoms with van der Waals surface area (Å²) in [5, 5.41) is 11.2. The van der Waals surface area contributed by atoms with Crippen molar-refractivity contribution in [2.45, 2.75) is 13.0 Å². The lowest BCUT2D eigenvalue weighted by molar-refractivity contribution is -0.907. The van der Waals surface area contributed by atoms with Gasteiger partial charge in [-0.25, -0.2) is 0 Å². The number of ketones is 1. The van der Waals surface area contributed by atoms with E-state index >= 15 is 0 Å². The fourth-order valence-electron chi connectivity index (χ4n) is 4.36. The van der Waals surface area contributed by atoms with Gasteiger partial charge in [-0.15, -0.1) is 0 Å². The van der Waals surface area contributed by atoms with E-state index in [-0.39, 0.29) is 11.3 Å². The molecule has 2 aliphatic heterocycles. The zero-order valence-corrected chi connectivity index (χ0v) is 18.3. The summed E-state index contributed by atoms with van der Waals surface area (Å²) in [6, 6.07) is 8.07. The number of nitrogens with zero attached hydrogens (tertiary/aromatic N) is 2. The molecule has 1 unspecified atom stereocenters. The number of benzene rings is 1. The average Bonchev–Trinajstić information content (AvgIpc) is 3.08. The Bertz CT molecular complexity index is 1030. The molecule has 2 saturated heterocycles. The standard InChI is InChI=1S/C24H27N3O5/c1-16-14-17(5-6-19(16)31-2)22(28)20-21(18-4-3-7-25-15-18)27(24(30)23(20)29)9-8-26-10-12-32-13-11-26/h3-7,14-15,21,28H,8-13H2,1-2H3/p+1. The highest BCUT2D eigenvalue weighted by atomic mass is 16.5. The number of aliphatic hydroxyl groups is 1. The van der Waals surface area contributed by atoms with Gasteiger partial charge in [0.15, 0.2) is 0 Å². The Morgan fingerprint density at radius 3 is 2.72 bits per heavy atom. The van der Waals surface area contributed by atoms with Crippen LogP contribution in [0.1, 0.15) is 22.7 Å². The first kappa shape index (κ1) is 22.0. The summed E-state index contributed by atoms with van der Waals surface area (Å²) in [5.41, 5.74) is 2.06. The van der Waals surface area contributed by atoms with Crippen molar-refractivity contribution in [2.75, 3.05) is 46.5 Å². The number of hydrogen-bond donors (Lipinski definition) is 2. The zero-order valence-electron chi connectivity index (χ0n) is 18.3. The fourth-order valence-corrected chi connectivity index (χ4v) is 4.36. The van der Waals surface area contributed by atoms with Gasteiger partial charge in [0.25, 0.3) is 11.7 Å². The lowest BCUT2D eigenvalue weighted by Crippen LogP contribution is -3.14. The maximum Gasteiger partial charge on any atom is 0.295 e. The predicted molar refractivity (Wildman–Crippen MR) is 117 cm³/mol. The van der Waals surface area contributed by atoms with Gasteiger partial charge in [0.2, 0.25) is 0 Å². The highest BCUT2D eigenvalue weighted by molar-refractivity contribution is 6.46. The third-order valence-electron chi connectivity index (χ3n) is 6.11. The number of aliphatic hydroxyl groups excluding tert-OH is 1. The third kappa shape index (κ3) is 4.24. The van der Waals surface area contributed by atoms with Crippen molar-refractivity contribution in [3.63, 3.8) is 0 Å². The zero-order chi connectivity index (χ0) is 22.7. The number of likely N-dealkylation sites (tertiary alicyclic amines) is 1. The Balaban J connectivity index is 1.72. The van der Waals surface area contributed by atoms with Crippen molar-refractivity contribution in [3.8, 4) is 5.75 Å². The van der Waals surface area contributed by atoms with Gasteiger partial charge in [-0.2, -0.15) is 0 Å². The Labute approximate surface area is 187 Å². The van der Waals surface area contributed by atoms with Crippen molar-refractivity contribution in [1.82, 2.24) is 9.88 Å². The number of morpholine rings is 1. The van der Waals surface area contributed by atoms with Crippen LogP contribution in [0.4, 0.5) is 0 Å². The second-order valence-electron chi connectivity index (χ2n) is 8.08. The topological polar surface area (TPSA) is 93.4 Å². The van der Waals surface area contributed by atoms with E-state index in [0.29, 0.717) is 43.2 Å². The monoisotopic (exact) mass is 438 g/mol. The molecule has 1 aromatic carbocycles. The van der Waals surface area contributed by atoms with Crippen LogP contribution in [-0.4, -0.2) is 73.2 Å². The molecule has 2 N–H and O–H groups in total. The molecule has 8 nitrogen and oxygen atoms in total. The molecule has 1 amide bonds. The number of Topliss-reactive ketones (excluding diaryl/α,β-unsaturated/α-hetero) is 1. The van der Waals surface area contributed by atoms with E-state index in [2.05, 4.69) is 4.98 Å². The maximum atomic E-state index is 13.1. The number of ether oxygens (including phenoxy) is 2. The molecule has 32 heavy (non-hydrogen) atoms. The van der Waals surface area contributed by atoms with Crippen molar-refractivity contribution in [2.24, 2.45) is 0 Å². The molecule has 4 rings (SSSR count). The number of nitrogens with one attached hydrogen (secondary N) is 1. The molecule has 2 fully saturated rings. The van der Waals surface area contributed by atoms with Crippen molar-refractivity contribution < 1.29 is 29.1 Å². The number of hydrogen-bond acceptors (Lipinski definition) is 6. The van der Waals surface area contributed by atoms with Gasteiger partial charge in [-0.1, -0.05) is 6.07 Å². The largest absolute Gasteiger partial charge is 0.507 e. The van der Waals surface area contributed by atoms with Crippen LogP contribution < -0.4 is 9.64 Å². The summed E-state index contributed by atoms with van der Waals surface area (Å²) in [5.74, 6) is -0.788. The smallest absolute Gasteiger partial charge is 0.295 e. The van der Waals surface area contributed by atoms with Crippen LogP contribution in [0.2, 0.25) is 0 Å². The Hall–Kier alpha value is -3.23. The maximum absolute atomic E-state index is 13.1. The van der Waals surface area contributed by atoms with Gasteiger partial charge in [0.1, 0.15) is 24.6 Å². The number of aryl methyl sites for hydroxylation is 1. The average molecular weight is 439 g/mol. The Morgan fingerprint density at radius 2 is 2.06 bits per heavy atom. The molecule has 2 aliphatic rings. The van der Waals surface area contributed by atoms with Gasteiger partial charge in [-0.3, -0.25) is 14.6 Å². The number of rotatable bonds is 6. The van der Waals surface area contributed by atoms with Crippen LogP contribution in [0.15, 0.2) is 48.3 Å². The van der Waals surface area contributed by atoms with Crippen LogP contribution in [0.3, 0.4) is 0 Å². The minimum absolute atomic E-state index is 0.0875. The minimum atomic E-state index is -0.688. The molecule has 0 aliphatic carbocycles. The third-order valence-corrected chi connectivity index (χ3v) is 6.11. The normalized spacial score (nSPS) is 21.2. The molecular formula is C24H28N3O5+. The first-order chi connectivity index (χ1) is 15.5. The predicted octanol–water partition coefficient (Wildman–Crippen LogP) is 0.735. The number of methoxy groups -OCH3 is 1. The molecule has 2 aromatic rings. The fraction of sp³-hybridized carbons (Fsp3) is 0.375. The Morgan fingerprint density at radius 1 is 1.28 bits per heavy atom. The number of quaternary nitrogens is 1. The van der Waals surface area contributed by atoms with E-state index in [9.17, 15) is 14.7 Å². The lowest BCUT2D eigenvalue weighted by atomic mass is 9.95. The summed E-state index contributed by atoms with van der Waals surface area (Å²) < 4.78 is 10.7. The summed E-state index contributed by atoms with van der Waals surface area (Å²) in [4.78, 5) is 33.2. The number of amides is 1. The van der Waals surface area contributed by atoms with Crippen molar-refractivity contribution in [3.05, 3.63) is 65.0 Å². The molecular weight excluding hydrogens is 410 g/mol. The molecule has 168 valence electrons. The number of aromatic nitrogens is 1. The molecule has 0 spiro atoms. The van der Waals surface area contributed by atoms with Crippen LogP contribution in [0, 0.1) is 6.92 Å². The van der Waals surface area contributed by atoms with E-state index in [1.165, 1.54) is 4.90 Å². The first-order valence-corrected chi connectivity index (χ1v) is 10.8. The van der Waals surface area contributed by atoms with E-state index in [1.807, 2.05) is 13.0 Å². The molecule has 0 radical (unpaired) electrons. The number of pyridine rings is 1. The van der Waals surface area contributed by atoms with Crippen LogP contribution in [0.5, 0.6) is 5.75 Å². The summed E-state index contributed by atoms with van der Waals surface area (Å²) in [7, 11) is 1.58. The van der Waals surface area contributed by atoms with Gasteiger partial charge >= 0.3 is 0 Å². The first-order valence-electron chi connectivity index (χ1n) is 10.8. The Kier molecular flexibility index (Phi) is 6.53. The number of carbonyl (C=O) groups excluding carboxylic acids is 2. The molecule has 3 heterocycles. The van der Waals surface area contributed by atoms with Gasteiger partial charge in [0, 0.05) is 18.0 Å². The minimum Gasteiger partial charge on any atom is -0.507 e. The van der Waals surface area contributed by atoms with Crippen molar-refractivity contribution in [1.29, 1.82) is 0 Å². The second kappa shape index (κ2) is 9.50.